The number of thioether (sulfide) groups is 1. The average Bonchev–Trinajstić information content (AvgIpc) is 2.53. The summed E-state index contributed by atoms with van der Waals surface area (Å²) >= 11 is 1.83. The number of nitrogens with zero attached hydrogens (tertiary/aromatic N) is 1. The van der Waals surface area contributed by atoms with Gasteiger partial charge in [0.1, 0.15) is 17.7 Å². The molecule has 2 heterocycles. The fraction of sp³-hybridized carbons (Fsp3) is 0.312. The lowest BCUT2D eigenvalue weighted by Crippen LogP contribution is -2.39. The Labute approximate surface area is 129 Å². The maximum atomic E-state index is 6.19. The van der Waals surface area contributed by atoms with Crippen molar-refractivity contribution in [2.24, 2.45) is 0 Å². The standard InChI is InChI=1S/C16H19N3OS/c1-2-18-15(11-6-5-9-19-16(11)17)13-10-21-14-8-4-3-7-12(14)20-13/h3-9,13,15,18H,2,10H2,1H3,(H2,17,19). The zero-order valence-electron chi connectivity index (χ0n) is 12.0. The molecule has 0 radical (unpaired) electrons. The fourth-order valence-electron chi connectivity index (χ4n) is 2.55. The third-order valence-electron chi connectivity index (χ3n) is 3.53. The van der Waals surface area contributed by atoms with Crippen LogP contribution in [0.1, 0.15) is 18.5 Å². The van der Waals surface area contributed by atoms with E-state index in [-0.39, 0.29) is 12.1 Å². The summed E-state index contributed by atoms with van der Waals surface area (Å²) in [5, 5.41) is 3.48. The number of hydrogen-bond acceptors (Lipinski definition) is 5. The van der Waals surface area contributed by atoms with Crippen LogP contribution >= 0.6 is 11.8 Å². The van der Waals surface area contributed by atoms with Gasteiger partial charge in [-0.1, -0.05) is 25.1 Å². The number of pyridine rings is 1. The van der Waals surface area contributed by atoms with Crippen LogP contribution in [0.3, 0.4) is 0 Å². The minimum absolute atomic E-state index is 0.0383. The smallest absolute Gasteiger partial charge is 0.133 e. The van der Waals surface area contributed by atoms with Crippen molar-refractivity contribution >= 4 is 17.6 Å². The molecule has 2 atom stereocenters. The normalized spacial score (nSPS) is 18.6. The van der Waals surface area contributed by atoms with Crippen molar-refractivity contribution in [1.29, 1.82) is 0 Å². The number of rotatable bonds is 4. The predicted molar refractivity (Wildman–Crippen MR) is 86.6 cm³/mol. The largest absolute Gasteiger partial charge is 0.486 e. The number of aromatic nitrogens is 1. The summed E-state index contributed by atoms with van der Waals surface area (Å²) < 4.78 is 6.19. The molecule has 4 nitrogen and oxygen atoms in total. The summed E-state index contributed by atoms with van der Waals surface area (Å²) in [6.45, 7) is 2.94. The molecule has 0 aliphatic carbocycles. The minimum Gasteiger partial charge on any atom is -0.486 e. The van der Waals surface area contributed by atoms with Crippen molar-refractivity contribution in [2.75, 3.05) is 18.0 Å². The van der Waals surface area contributed by atoms with Gasteiger partial charge < -0.3 is 15.8 Å². The Kier molecular flexibility index (Phi) is 4.31. The van der Waals surface area contributed by atoms with Gasteiger partial charge in [0.15, 0.2) is 0 Å². The van der Waals surface area contributed by atoms with Gasteiger partial charge in [-0.2, -0.15) is 0 Å². The fourth-order valence-corrected chi connectivity index (χ4v) is 3.59. The topological polar surface area (TPSA) is 60.2 Å². The third-order valence-corrected chi connectivity index (χ3v) is 4.68. The summed E-state index contributed by atoms with van der Waals surface area (Å²) in [4.78, 5) is 5.39. The Bertz CT molecular complexity index is 620. The van der Waals surface area contributed by atoms with Crippen LogP contribution in [-0.2, 0) is 0 Å². The molecule has 3 N–H and O–H groups in total. The molecule has 2 aromatic rings. The Balaban J connectivity index is 1.88. The zero-order chi connectivity index (χ0) is 14.7. The van der Waals surface area contributed by atoms with E-state index < -0.39 is 0 Å². The first-order valence-electron chi connectivity index (χ1n) is 7.12. The molecule has 1 aromatic heterocycles. The van der Waals surface area contributed by atoms with Gasteiger partial charge in [-0.3, -0.25) is 0 Å². The molecule has 0 spiro atoms. The van der Waals surface area contributed by atoms with Crippen LogP contribution in [-0.4, -0.2) is 23.4 Å². The van der Waals surface area contributed by atoms with E-state index in [1.54, 1.807) is 6.20 Å². The molecule has 0 amide bonds. The van der Waals surface area contributed by atoms with Crippen molar-refractivity contribution in [2.45, 2.75) is 24.0 Å². The maximum absolute atomic E-state index is 6.19. The third kappa shape index (κ3) is 2.99. The van der Waals surface area contributed by atoms with Crippen LogP contribution in [0.2, 0.25) is 0 Å². The number of benzene rings is 1. The lowest BCUT2D eigenvalue weighted by molar-refractivity contribution is 0.167. The van der Waals surface area contributed by atoms with Crippen LogP contribution in [0.4, 0.5) is 5.82 Å². The first-order valence-corrected chi connectivity index (χ1v) is 8.10. The number of nitrogen functional groups attached to an aromatic ring is 1. The Morgan fingerprint density at radius 1 is 1.38 bits per heavy atom. The molecule has 5 heteroatoms. The molecule has 1 aromatic carbocycles. The number of anilines is 1. The van der Waals surface area contributed by atoms with Crippen LogP contribution in [0.5, 0.6) is 5.75 Å². The maximum Gasteiger partial charge on any atom is 0.133 e. The molecule has 0 bridgehead atoms. The van der Waals surface area contributed by atoms with Crippen molar-refractivity contribution in [3.63, 3.8) is 0 Å². The van der Waals surface area contributed by atoms with Gasteiger partial charge in [0.25, 0.3) is 0 Å². The highest BCUT2D eigenvalue weighted by atomic mass is 32.2. The highest BCUT2D eigenvalue weighted by Gasteiger charge is 2.30. The van der Waals surface area contributed by atoms with Gasteiger partial charge in [-0.05, 0) is 24.7 Å². The number of likely N-dealkylation sites (N-methyl/N-ethyl adjacent to an activating group) is 1. The number of fused-ring (bicyclic) bond motifs is 1. The van der Waals surface area contributed by atoms with Crippen molar-refractivity contribution in [1.82, 2.24) is 10.3 Å². The number of para-hydroxylation sites is 1. The lowest BCUT2D eigenvalue weighted by atomic mass is 10.0. The summed E-state index contributed by atoms with van der Waals surface area (Å²) in [5.74, 6) is 2.41. The monoisotopic (exact) mass is 301 g/mol. The van der Waals surface area contributed by atoms with E-state index in [4.69, 9.17) is 10.5 Å². The van der Waals surface area contributed by atoms with Crippen LogP contribution in [0, 0.1) is 0 Å². The molecule has 2 unspecified atom stereocenters. The van der Waals surface area contributed by atoms with E-state index in [9.17, 15) is 0 Å². The highest BCUT2D eigenvalue weighted by Crippen LogP contribution is 2.38. The minimum atomic E-state index is 0.0383. The number of nitrogens with two attached hydrogens (primary N) is 1. The number of ether oxygens (including phenoxy) is 1. The summed E-state index contributed by atoms with van der Waals surface area (Å²) in [6, 6.07) is 12.1. The van der Waals surface area contributed by atoms with E-state index in [0.29, 0.717) is 5.82 Å². The van der Waals surface area contributed by atoms with Crippen molar-refractivity contribution in [3.05, 3.63) is 48.2 Å². The molecule has 21 heavy (non-hydrogen) atoms. The van der Waals surface area contributed by atoms with Gasteiger partial charge in [0.2, 0.25) is 0 Å². The number of hydrogen-bond donors (Lipinski definition) is 2. The molecule has 0 saturated carbocycles. The molecule has 0 saturated heterocycles. The van der Waals surface area contributed by atoms with E-state index in [2.05, 4.69) is 23.3 Å². The quantitative estimate of drug-likeness (QED) is 0.909. The van der Waals surface area contributed by atoms with E-state index in [0.717, 1.165) is 23.6 Å². The van der Waals surface area contributed by atoms with Gasteiger partial charge in [-0.25, -0.2) is 4.98 Å². The van der Waals surface area contributed by atoms with E-state index in [1.807, 2.05) is 42.1 Å². The molecule has 1 aliphatic rings. The van der Waals surface area contributed by atoms with Gasteiger partial charge in [-0.15, -0.1) is 11.8 Å². The Morgan fingerprint density at radius 2 is 2.24 bits per heavy atom. The van der Waals surface area contributed by atoms with Crippen LogP contribution in [0.15, 0.2) is 47.5 Å². The molecular weight excluding hydrogens is 282 g/mol. The first kappa shape index (κ1) is 14.2. The molecule has 110 valence electrons. The van der Waals surface area contributed by atoms with Gasteiger partial charge in [0.05, 0.1) is 6.04 Å². The SMILES string of the molecule is CCNC(c1cccnc1N)C1CSc2ccccc2O1. The first-order chi connectivity index (χ1) is 10.3. The Hall–Kier alpha value is -1.72. The van der Waals surface area contributed by atoms with Crippen LogP contribution in [0.25, 0.3) is 0 Å². The second kappa shape index (κ2) is 6.37. The number of nitrogens with one attached hydrogen (secondary N) is 1. The molecular formula is C16H19N3OS. The molecule has 3 rings (SSSR count). The van der Waals surface area contributed by atoms with E-state index >= 15 is 0 Å². The highest BCUT2D eigenvalue weighted by molar-refractivity contribution is 7.99. The van der Waals surface area contributed by atoms with Crippen molar-refractivity contribution < 1.29 is 4.74 Å². The summed E-state index contributed by atoms with van der Waals surface area (Å²) in [7, 11) is 0. The van der Waals surface area contributed by atoms with E-state index in [1.165, 1.54) is 4.90 Å². The van der Waals surface area contributed by atoms with Gasteiger partial charge in [0, 0.05) is 22.4 Å². The second-order valence-electron chi connectivity index (χ2n) is 4.93. The van der Waals surface area contributed by atoms with Crippen LogP contribution < -0.4 is 15.8 Å². The van der Waals surface area contributed by atoms with Crippen molar-refractivity contribution in [3.8, 4) is 5.75 Å². The molecule has 1 aliphatic heterocycles. The average molecular weight is 301 g/mol. The molecule has 0 fully saturated rings. The second-order valence-corrected chi connectivity index (χ2v) is 5.99. The van der Waals surface area contributed by atoms with Gasteiger partial charge >= 0.3 is 0 Å². The Morgan fingerprint density at radius 3 is 3.05 bits per heavy atom. The predicted octanol–water partition coefficient (Wildman–Crippen LogP) is 2.87. The summed E-state index contributed by atoms with van der Waals surface area (Å²) in [5.41, 5.74) is 7.04. The zero-order valence-corrected chi connectivity index (χ0v) is 12.8. The summed E-state index contributed by atoms with van der Waals surface area (Å²) in [6.07, 6.45) is 1.75. The lowest BCUT2D eigenvalue weighted by Gasteiger charge is -2.32.